The van der Waals surface area contributed by atoms with Crippen LogP contribution in [0.4, 0.5) is 9.18 Å². The Bertz CT molecular complexity index is 1310. The zero-order valence-electron chi connectivity index (χ0n) is 20.3. The molecule has 0 spiro atoms. The molecule has 0 unspecified atom stereocenters. The van der Waals surface area contributed by atoms with Gasteiger partial charge in [-0.2, -0.15) is 4.99 Å². The van der Waals surface area contributed by atoms with Crippen LogP contribution in [0.25, 0.3) is 0 Å². The number of aryl methyl sites for hydroxylation is 1. The van der Waals surface area contributed by atoms with Crippen molar-refractivity contribution in [1.82, 2.24) is 4.90 Å². The van der Waals surface area contributed by atoms with Crippen LogP contribution in [0.15, 0.2) is 78.3 Å². The molecule has 1 aliphatic rings. The number of nitrogens with zero attached hydrogens (tertiary/aromatic N) is 2. The summed E-state index contributed by atoms with van der Waals surface area (Å²) >= 11 is 0. The van der Waals surface area contributed by atoms with Crippen molar-refractivity contribution in [2.24, 2.45) is 4.99 Å². The monoisotopic (exact) mass is 486 g/mol. The number of benzene rings is 3. The average Bonchev–Trinajstić information content (AvgIpc) is 3.12. The molecule has 0 saturated heterocycles. The highest BCUT2D eigenvalue weighted by Crippen LogP contribution is 2.35. The first kappa shape index (κ1) is 24.9. The molecule has 0 aromatic heterocycles. The Morgan fingerprint density at radius 3 is 2.36 bits per heavy atom. The van der Waals surface area contributed by atoms with Gasteiger partial charge in [0.1, 0.15) is 18.1 Å². The van der Waals surface area contributed by atoms with E-state index in [9.17, 15) is 14.0 Å². The van der Waals surface area contributed by atoms with E-state index in [1.165, 1.54) is 29.8 Å². The van der Waals surface area contributed by atoms with Crippen molar-refractivity contribution in [1.29, 1.82) is 0 Å². The van der Waals surface area contributed by atoms with Crippen LogP contribution in [0, 0.1) is 12.7 Å². The Labute approximate surface area is 209 Å². The van der Waals surface area contributed by atoms with Gasteiger partial charge in [-0.15, -0.1) is 6.58 Å². The van der Waals surface area contributed by atoms with E-state index in [-0.39, 0.29) is 24.5 Å². The number of ether oxygens (including phenoxy) is 2. The second kappa shape index (κ2) is 11.0. The number of carbonyl (C=O) groups excluding carboxylic acids is 2. The number of aliphatic imine (C=N–C) groups is 1. The number of halogens is 1. The number of hydrogen-bond donors (Lipinski definition) is 0. The van der Waals surface area contributed by atoms with Gasteiger partial charge in [0.2, 0.25) is 0 Å². The van der Waals surface area contributed by atoms with Gasteiger partial charge in [-0.1, -0.05) is 54.1 Å². The molecule has 1 heterocycles. The van der Waals surface area contributed by atoms with Crippen molar-refractivity contribution in [2.45, 2.75) is 32.9 Å². The zero-order valence-corrected chi connectivity index (χ0v) is 20.3. The number of hydrogen-bond acceptors (Lipinski definition) is 4. The van der Waals surface area contributed by atoms with Crippen molar-refractivity contribution in [3.05, 3.63) is 107 Å². The van der Waals surface area contributed by atoms with Crippen molar-refractivity contribution in [2.75, 3.05) is 7.11 Å². The van der Waals surface area contributed by atoms with Gasteiger partial charge in [0.25, 0.3) is 5.91 Å². The van der Waals surface area contributed by atoms with Gasteiger partial charge in [0.15, 0.2) is 11.5 Å². The van der Waals surface area contributed by atoms with Crippen LogP contribution in [0.1, 0.15) is 27.8 Å². The summed E-state index contributed by atoms with van der Waals surface area (Å²) in [4.78, 5) is 30.4. The minimum Gasteiger partial charge on any atom is -0.493 e. The van der Waals surface area contributed by atoms with Crippen LogP contribution in [0.5, 0.6) is 11.5 Å². The van der Waals surface area contributed by atoms with Gasteiger partial charge in [-0.05, 0) is 48.2 Å². The summed E-state index contributed by atoms with van der Waals surface area (Å²) in [6, 6.07) is 16.8. The van der Waals surface area contributed by atoms with Crippen molar-refractivity contribution >= 4 is 17.6 Å². The molecule has 0 radical (unpaired) electrons. The molecule has 184 valence electrons. The second-order valence-corrected chi connectivity index (χ2v) is 8.59. The highest BCUT2D eigenvalue weighted by atomic mass is 19.1. The summed E-state index contributed by atoms with van der Waals surface area (Å²) < 4.78 is 24.9. The SMILES string of the molecule is C=CCc1cc(CC2=NC(=O)N(Cc3ccc(F)cc3)C2=O)cc(OC)c1OCc1ccc(C)cc1. The summed E-state index contributed by atoms with van der Waals surface area (Å²) in [5.41, 5.74) is 4.59. The molecule has 7 heteroatoms. The minimum absolute atomic E-state index is 0.0295. The largest absolute Gasteiger partial charge is 0.493 e. The lowest BCUT2D eigenvalue weighted by Gasteiger charge is -2.17. The maximum absolute atomic E-state index is 13.2. The highest BCUT2D eigenvalue weighted by Gasteiger charge is 2.33. The molecule has 6 nitrogen and oxygen atoms in total. The van der Waals surface area contributed by atoms with E-state index >= 15 is 0 Å². The molecule has 3 amide bonds. The molecule has 3 aromatic carbocycles. The van der Waals surface area contributed by atoms with Crippen LogP contribution in [-0.2, 0) is 30.8 Å². The molecule has 0 fully saturated rings. The summed E-state index contributed by atoms with van der Waals surface area (Å²) in [7, 11) is 1.56. The van der Waals surface area contributed by atoms with E-state index in [0.29, 0.717) is 30.1 Å². The minimum atomic E-state index is -0.629. The molecule has 0 aliphatic carbocycles. The third kappa shape index (κ3) is 5.68. The van der Waals surface area contributed by atoms with Crippen LogP contribution in [0.3, 0.4) is 0 Å². The highest BCUT2D eigenvalue weighted by molar-refractivity contribution is 6.46. The lowest BCUT2D eigenvalue weighted by Crippen LogP contribution is -2.32. The molecule has 36 heavy (non-hydrogen) atoms. The standard InChI is InChI=1S/C29H27FN2O4/c1-4-5-23-14-22(16-26(35-3)27(23)36-18-21-8-6-19(2)7-9-21)15-25-28(33)32(29(34)31-25)17-20-10-12-24(30)13-11-20/h4,6-14,16H,1,5,15,17-18H2,2-3H3. The van der Waals surface area contributed by atoms with Crippen molar-refractivity contribution in [3.8, 4) is 11.5 Å². The number of urea groups is 1. The molecule has 0 bridgehead atoms. The normalized spacial score (nSPS) is 13.1. The van der Waals surface area contributed by atoms with Gasteiger partial charge in [-0.3, -0.25) is 9.69 Å². The predicted molar refractivity (Wildman–Crippen MR) is 136 cm³/mol. The van der Waals surface area contributed by atoms with Crippen LogP contribution >= 0.6 is 0 Å². The maximum Gasteiger partial charge on any atom is 0.351 e. The third-order valence-corrected chi connectivity index (χ3v) is 5.86. The van der Waals surface area contributed by atoms with E-state index in [0.717, 1.165) is 21.6 Å². The molecule has 0 saturated carbocycles. The Balaban J connectivity index is 1.52. The van der Waals surface area contributed by atoms with Crippen LogP contribution in [0.2, 0.25) is 0 Å². The fourth-order valence-corrected chi connectivity index (χ4v) is 3.97. The Morgan fingerprint density at radius 2 is 1.69 bits per heavy atom. The van der Waals surface area contributed by atoms with Crippen molar-refractivity contribution < 1.29 is 23.5 Å². The van der Waals surface area contributed by atoms with Gasteiger partial charge < -0.3 is 9.47 Å². The third-order valence-electron chi connectivity index (χ3n) is 5.86. The first-order chi connectivity index (χ1) is 17.4. The molecule has 1 aliphatic heterocycles. The quantitative estimate of drug-likeness (QED) is 0.350. The maximum atomic E-state index is 13.2. The predicted octanol–water partition coefficient (Wildman–Crippen LogP) is 5.60. The van der Waals surface area contributed by atoms with Crippen LogP contribution < -0.4 is 9.47 Å². The van der Waals surface area contributed by atoms with Gasteiger partial charge >= 0.3 is 6.03 Å². The lowest BCUT2D eigenvalue weighted by molar-refractivity contribution is -0.121. The van der Waals surface area contributed by atoms with Gasteiger partial charge in [0, 0.05) is 12.0 Å². The number of rotatable bonds is 10. The molecular weight excluding hydrogens is 459 g/mol. The summed E-state index contributed by atoms with van der Waals surface area (Å²) in [6.45, 7) is 6.28. The fraction of sp³-hybridized carbons (Fsp3) is 0.207. The molecular formula is C29H27FN2O4. The first-order valence-corrected chi connectivity index (χ1v) is 11.5. The van der Waals surface area contributed by atoms with E-state index in [2.05, 4.69) is 11.6 Å². The molecule has 4 rings (SSSR count). The topological polar surface area (TPSA) is 68.2 Å². The smallest absolute Gasteiger partial charge is 0.351 e. The van der Waals surface area contributed by atoms with E-state index < -0.39 is 11.9 Å². The molecule has 0 atom stereocenters. The first-order valence-electron chi connectivity index (χ1n) is 11.5. The fourth-order valence-electron chi connectivity index (χ4n) is 3.97. The number of carbonyl (C=O) groups is 2. The van der Waals surface area contributed by atoms with E-state index in [1.54, 1.807) is 19.3 Å². The second-order valence-electron chi connectivity index (χ2n) is 8.59. The van der Waals surface area contributed by atoms with Gasteiger partial charge in [-0.25, -0.2) is 9.18 Å². The number of allylic oxidation sites excluding steroid dienone is 1. The summed E-state index contributed by atoms with van der Waals surface area (Å²) in [6.07, 6.45) is 2.45. The van der Waals surface area contributed by atoms with E-state index in [1.807, 2.05) is 37.3 Å². The van der Waals surface area contributed by atoms with Crippen molar-refractivity contribution in [3.63, 3.8) is 0 Å². The molecule has 3 aromatic rings. The Morgan fingerprint density at radius 1 is 1.00 bits per heavy atom. The Hall–Kier alpha value is -4.26. The van der Waals surface area contributed by atoms with Crippen LogP contribution in [-0.4, -0.2) is 29.7 Å². The number of imide groups is 1. The van der Waals surface area contributed by atoms with Gasteiger partial charge in [0.05, 0.1) is 13.7 Å². The average molecular weight is 487 g/mol. The number of methoxy groups -OCH3 is 1. The summed E-state index contributed by atoms with van der Waals surface area (Å²) in [5, 5.41) is 0. The lowest BCUT2D eigenvalue weighted by atomic mass is 10.0. The summed E-state index contributed by atoms with van der Waals surface area (Å²) in [5.74, 6) is 0.283. The zero-order chi connectivity index (χ0) is 25.7. The van der Waals surface area contributed by atoms with E-state index in [4.69, 9.17) is 9.47 Å². The number of amides is 3. The molecule has 0 N–H and O–H groups in total. The Kier molecular flexibility index (Phi) is 7.59.